The molecule has 4 aliphatic rings. The van der Waals surface area contributed by atoms with Crippen molar-refractivity contribution in [2.75, 3.05) is 0 Å². The summed E-state index contributed by atoms with van der Waals surface area (Å²) in [5.74, 6) is 3.83. The van der Waals surface area contributed by atoms with Gasteiger partial charge in [0.2, 0.25) is 0 Å². The topological polar surface area (TPSA) is 0 Å². The lowest BCUT2D eigenvalue weighted by molar-refractivity contribution is 0.201. The summed E-state index contributed by atoms with van der Waals surface area (Å²) >= 11 is 2.54. The molecule has 4 aliphatic carbocycles. The summed E-state index contributed by atoms with van der Waals surface area (Å²) in [5, 5.41) is 0. The summed E-state index contributed by atoms with van der Waals surface area (Å²) < 4.78 is 1.54. The Morgan fingerprint density at radius 3 is 2.74 bits per heavy atom. The second-order valence-electron chi connectivity index (χ2n) is 9.89. The van der Waals surface area contributed by atoms with Crippen LogP contribution in [0.15, 0.2) is 57.3 Å². The third-order valence-electron chi connectivity index (χ3n) is 7.91. The van der Waals surface area contributed by atoms with E-state index in [1.807, 2.05) is 0 Å². The van der Waals surface area contributed by atoms with Gasteiger partial charge in [0.05, 0.1) is 0 Å². The molecule has 0 aromatic carbocycles. The highest BCUT2D eigenvalue weighted by Crippen LogP contribution is 2.61. The first-order chi connectivity index (χ1) is 13.0. The number of fused-ring (bicyclic) bond motifs is 3. The standard InChI is InChI=1S/C26H35I/c1-18-8-4-6-10-20(18)11-7-5-9-19-12-14-22-23-15-13-21(27)17-25(23)26(2,3)24(22)16-19/h4,6,8,10,13,15-16,18,20,22,24-25H,5,7,9,11-12,14,17H2,1-3H3/t18?,20?,22?,24-,25+/m0/s1. The Morgan fingerprint density at radius 2 is 1.93 bits per heavy atom. The average Bonchev–Trinajstić information content (AvgIpc) is 2.87. The molecule has 146 valence electrons. The van der Waals surface area contributed by atoms with Gasteiger partial charge in [-0.15, -0.1) is 0 Å². The van der Waals surface area contributed by atoms with Crippen molar-refractivity contribution in [2.45, 2.75) is 65.7 Å². The lowest BCUT2D eigenvalue weighted by Crippen LogP contribution is -2.27. The van der Waals surface area contributed by atoms with E-state index in [0.717, 1.165) is 29.6 Å². The van der Waals surface area contributed by atoms with Crippen LogP contribution in [-0.4, -0.2) is 0 Å². The molecule has 1 fully saturated rings. The summed E-state index contributed by atoms with van der Waals surface area (Å²) in [4.78, 5) is 0. The van der Waals surface area contributed by atoms with Gasteiger partial charge in [-0.25, -0.2) is 0 Å². The van der Waals surface area contributed by atoms with Crippen molar-refractivity contribution in [3.63, 3.8) is 0 Å². The molecule has 4 rings (SSSR count). The van der Waals surface area contributed by atoms with Gasteiger partial charge < -0.3 is 0 Å². The van der Waals surface area contributed by atoms with Gasteiger partial charge in [0.25, 0.3) is 0 Å². The van der Waals surface area contributed by atoms with Gasteiger partial charge in [0.1, 0.15) is 0 Å². The highest BCUT2D eigenvalue weighted by atomic mass is 127. The van der Waals surface area contributed by atoms with Crippen LogP contribution < -0.4 is 0 Å². The van der Waals surface area contributed by atoms with Crippen LogP contribution in [0, 0.1) is 35.0 Å². The van der Waals surface area contributed by atoms with Crippen LogP contribution in [0.4, 0.5) is 0 Å². The van der Waals surface area contributed by atoms with Crippen molar-refractivity contribution >= 4 is 22.6 Å². The minimum atomic E-state index is 0.418. The monoisotopic (exact) mass is 474 g/mol. The van der Waals surface area contributed by atoms with Crippen LogP contribution in [-0.2, 0) is 0 Å². The number of allylic oxidation sites excluding steroid dienone is 10. The largest absolute Gasteiger partial charge is 0.0811 e. The van der Waals surface area contributed by atoms with Crippen molar-refractivity contribution in [2.24, 2.45) is 35.0 Å². The molecule has 0 N–H and O–H groups in total. The van der Waals surface area contributed by atoms with Crippen LogP contribution in [0.2, 0.25) is 0 Å². The highest BCUT2D eigenvalue weighted by Gasteiger charge is 2.52. The molecule has 3 unspecified atom stereocenters. The zero-order valence-electron chi connectivity index (χ0n) is 17.3. The summed E-state index contributed by atoms with van der Waals surface area (Å²) in [5.41, 5.74) is 3.95. The number of rotatable bonds is 5. The van der Waals surface area contributed by atoms with E-state index in [1.54, 1.807) is 11.1 Å². The first-order valence-electron chi connectivity index (χ1n) is 11.1. The Labute approximate surface area is 180 Å². The first kappa shape index (κ1) is 19.7. The third kappa shape index (κ3) is 3.95. The van der Waals surface area contributed by atoms with Crippen molar-refractivity contribution in [1.29, 1.82) is 0 Å². The molecule has 0 saturated heterocycles. The molecule has 27 heavy (non-hydrogen) atoms. The molecule has 1 saturated carbocycles. The van der Waals surface area contributed by atoms with E-state index >= 15 is 0 Å². The van der Waals surface area contributed by atoms with E-state index in [4.69, 9.17) is 0 Å². The maximum atomic E-state index is 2.73. The Bertz CT molecular complexity index is 714. The Morgan fingerprint density at radius 1 is 1.11 bits per heavy atom. The Hall–Kier alpha value is -0.570. The summed E-state index contributed by atoms with van der Waals surface area (Å²) in [6.07, 6.45) is 26.2. The van der Waals surface area contributed by atoms with Crippen LogP contribution >= 0.6 is 22.6 Å². The molecule has 0 spiro atoms. The molecule has 0 bridgehead atoms. The van der Waals surface area contributed by atoms with Gasteiger partial charge in [-0.05, 0) is 99.7 Å². The molecule has 0 aromatic heterocycles. The molecular weight excluding hydrogens is 439 g/mol. The van der Waals surface area contributed by atoms with Crippen LogP contribution in [0.3, 0.4) is 0 Å². The molecule has 0 radical (unpaired) electrons. The van der Waals surface area contributed by atoms with E-state index in [2.05, 4.69) is 85.9 Å². The van der Waals surface area contributed by atoms with Crippen molar-refractivity contribution < 1.29 is 0 Å². The van der Waals surface area contributed by atoms with Gasteiger partial charge in [0.15, 0.2) is 0 Å². The molecule has 1 heteroatoms. The zero-order chi connectivity index (χ0) is 19.0. The Kier molecular flexibility index (Phi) is 5.88. The lowest BCUT2D eigenvalue weighted by Gasteiger charge is -2.35. The Balaban J connectivity index is 1.35. The number of unbranched alkanes of at least 4 members (excludes halogenated alkanes) is 1. The molecule has 5 atom stereocenters. The predicted molar refractivity (Wildman–Crippen MR) is 126 cm³/mol. The van der Waals surface area contributed by atoms with Gasteiger partial charge in [-0.2, -0.15) is 0 Å². The smallest absolute Gasteiger partial charge is 0.00879 e. The zero-order valence-corrected chi connectivity index (χ0v) is 19.4. The second-order valence-corrected chi connectivity index (χ2v) is 11.3. The average molecular weight is 474 g/mol. The maximum absolute atomic E-state index is 2.73. The minimum absolute atomic E-state index is 0.418. The summed E-state index contributed by atoms with van der Waals surface area (Å²) in [6, 6.07) is 0. The number of hydrogen-bond donors (Lipinski definition) is 0. The van der Waals surface area contributed by atoms with Crippen LogP contribution in [0.5, 0.6) is 0 Å². The van der Waals surface area contributed by atoms with Gasteiger partial charge in [-0.1, -0.05) is 80.9 Å². The van der Waals surface area contributed by atoms with Crippen molar-refractivity contribution in [1.82, 2.24) is 0 Å². The first-order valence-corrected chi connectivity index (χ1v) is 12.2. The molecule has 0 nitrogen and oxygen atoms in total. The molecule has 0 heterocycles. The normalized spacial score (nSPS) is 36.6. The highest BCUT2D eigenvalue weighted by molar-refractivity contribution is 14.1. The predicted octanol–water partition coefficient (Wildman–Crippen LogP) is 8.18. The van der Waals surface area contributed by atoms with Gasteiger partial charge in [-0.3, -0.25) is 0 Å². The fourth-order valence-electron chi connectivity index (χ4n) is 6.14. The molecule has 0 aromatic rings. The molecular formula is C26H35I. The van der Waals surface area contributed by atoms with E-state index in [-0.39, 0.29) is 0 Å². The maximum Gasteiger partial charge on any atom is -0.00879 e. The minimum Gasteiger partial charge on any atom is -0.0811 e. The lowest BCUT2D eigenvalue weighted by atomic mass is 9.70. The molecule has 0 amide bonds. The summed E-state index contributed by atoms with van der Waals surface area (Å²) in [7, 11) is 0. The van der Waals surface area contributed by atoms with E-state index < -0.39 is 0 Å². The molecule has 0 aliphatic heterocycles. The van der Waals surface area contributed by atoms with E-state index in [9.17, 15) is 0 Å². The fraction of sp³-hybridized carbons (Fsp3) is 0.615. The van der Waals surface area contributed by atoms with Crippen LogP contribution in [0.1, 0.15) is 65.7 Å². The summed E-state index contributed by atoms with van der Waals surface area (Å²) in [6.45, 7) is 7.44. The van der Waals surface area contributed by atoms with E-state index in [1.165, 1.54) is 48.5 Å². The second kappa shape index (κ2) is 8.05. The van der Waals surface area contributed by atoms with Gasteiger partial charge in [0, 0.05) is 0 Å². The van der Waals surface area contributed by atoms with Gasteiger partial charge >= 0.3 is 0 Å². The fourth-order valence-corrected chi connectivity index (χ4v) is 6.76. The quantitative estimate of drug-likeness (QED) is 0.214. The SMILES string of the molecule is CC1C=CC=CC1CCCCC1=C[C@H]2C(CC1)C1=CC=C(I)C[C@H]1C2(C)C. The van der Waals surface area contributed by atoms with E-state index in [0.29, 0.717) is 5.41 Å². The van der Waals surface area contributed by atoms with Crippen molar-refractivity contribution in [3.8, 4) is 0 Å². The van der Waals surface area contributed by atoms with Crippen LogP contribution in [0.25, 0.3) is 0 Å². The number of hydrogen-bond acceptors (Lipinski definition) is 0. The third-order valence-corrected chi connectivity index (χ3v) is 8.71. The van der Waals surface area contributed by atoms with Crippen molar-refractivity contribution in [3.05, 3.63) is 57.3 Å². The number of halogens is 1.